The average molecular weight is 314 g/mol. The van der Waals surface area contributed by atoms with Crippen LogP contribution >= 0.6 is 11.8 Å². The molecule has 0 radical (unpaired) electrons. The van der Waals surface area contributed by atoms with Gasteiger partial charge < -0.3 is 10.0 Å². The molecule has 2 heterocycles. The molecule has 1 fully saturated rings. The number of carbonyl (C=O) groups is 1. The molecule has 1 aliphatic rings. The summed E-state index contributed by atoms with van der Waals surface area (Å²) in [6.07, 6.45) is 1.12. The van der Waals surface area contributed by atoms with Gasteiger partial charge in [-0.15, -0.1) is 11.8 Å². The zero-order chi connectivity index (χ0) is 15.4. The Kier molecular flexibility index (Phi) is 4.63. The molecule has 5 heteroatoms. The first kappa shape index (κ1) is 14.9. The number of thioether (sulfide) groups is 1. The number of aromatic carboxylic acids is 1. The molecule has 0 amide bonds. The molecule has 114 valence electrons. The molecule has 0 spiro atoms. The number of hydrogen-bond donors (Lipinski definition) is 1. The molecule has 1 aromatic heterocycles. The van der Waals surface area contributed by atoms with Crippen LogP contribution < -0.4 is 4.90 Å². The summed E-state index contributed by atoms with van der Waals surface area (Å²) in [5, 5.41) is 9.03. The lowest BCUT2D eigenvalue weighted by Crippen LogP contribution is -2.22. The van der Waals surface area contributed by atoms with Gasteiger partial charge in [-0.3, -0.25) is 0 Å². The highest BCUT2D eigenvalue weighted by atomic mass is 32.2. The number of pyridine rings is 1. The van der Waals surface area contributed by atoms with Gasteiger partial charge in [0, 0.05) is 23.7 Å². The molecule has 1 N–H and O–H groups in total. The van der Waals surface area contributed by atoms with Crippen molar-refractivity contribution in [3.63, 3.8) is 0 Å². The van der Waals surface area contributed by atoms with E-state index in [9.17, 15) is 4.79 Å². The molecule has 1 saturated heterocycles. The minimum Gasteiger partial charge on any atom is -0.477 e. The Balaban J connectivity index is 1.58. The summed E-state index contributed by atoms with van der Waals surface area (Å²) in [6, 6.07) is 15.6. The van der Waals surface area contributed by atoms with Gasteiger partial charge in [-0.25, -0.2) is 9.78 Å². The third-order valence-electron chi connectivity index (χ3n) is 3.79. The Labute approximate surface area is 134 Å². The summed E-state index contributed by atoms with van der Waals surface area (Å²) in [5.41, 5.74) is 0.111. The second-order valence-electron chi connectivity index (χ2n) is 5.41. The van der Waals surface area contributed by atoms with Crippen molar-refractivity contribution in [1.82, 2.24) is 4.98 Å². The molecule has 4 nitrogen and oxygen atoms in total. The van der Waals surface area contributed by atoms with Gasteiger partial charge in [0.25, 0.3) is 0 Å². The van der Waals surface area contributed by atoms with Crippen LogP contribution in [0.2, 0.25) is 0 Å². The van der Waals surface area contributed by atoms with Crippen molar-refractivity contribution in [2.45, 2.75) is 11.3 Å². The normalized spacial score (nSPS) is 17.6. The minimum atomic E-state index is -0.975. The average Bonchev–Trinajstić information content (AvgIpc) is 3.03. The monoisotopic (exact) mass is 314 g/mol. The number of rotatable bonds is 5. The van der Waals surface area contributed by atoms with Gasteiger partial charge in [0.2, 0.25) is 0 Å². The molecular formula is C17H18N2O2S. The Morgan fingerprint density at radius 2 is 2.05 bits per heavy atom. The Morgan fingerprint density at radius 3 is 2.82 bits per heavy atom. The van der Waals surface area contributed by atoms with E-state index in [1.807, 2.05) is 23.9 Å². The molecule has 0 saturated carbocycles. The lowest BCUT2D eigenvalue weighted by Gasteiger charge is -2.17. The van der Waals surface area contributed by atoms with Gasteiger partial charge in [0.1, 0.15) is 5.82 Å². The fourth-order valence-electron chi connectivity index (χ4n) is 2.63. The van der Waals surface area contributed by atoms with Crippen LogP contribution in [0, 0.1) is 5.92 Å². The van der Waals surface area contributed by atoms with E-state index in [2.05, 4.69) is 34.1 Å². The lowest BCUT2D eigenvalue weighted by atomic mass is 10.2. The summed E-state index contributed by atoms with van der Waals surface area (Å²) in [4.78, 5) is 18.7. The number of hydrogen-bond acceptors (Lipinski definition) is 4. The molecule has 0 aliphatic carbocycles. The van der Waals surface area contributed by atoms with E-state index in [0.29, 0.717) is 5.92 Å². The predicted octanol–water partition coefficient (Wildman–Crippen LogP) is 3.40. The van der Waals surface area contributed by atoms with Crippen molar-refractivity contribution in [1.29, 1.82) is 0 Å². The van der Waals surface area contributed by atoms with Crippen molar-refractivity contribution in [2.75, 3.05) is 23.7 Å². The number of nitrogens with zero attached hydrogens (tertiary/aromatic N) is 2. The molecular weight excluding hydrogens is 296 g/mol. The second kappa shape index (κ2) is 6.83. The fraction of sp³-hybridized carbons (Fsp3) is 0.294. The van der Waals surface area contributed by atoms with E-state index in [4.69, 9.17) is 5.11 Å². The van der Waals surface area contributed by atoms with E-state index >= 15 is 0 Å². The summed E-state index contributed by atoms with van der Waals surface area (Å²) in [5.74, 6) is 1.49. The smallest absolute Gasteiger partial charge is 0.354 e. The van der Waals surface area contributed by atoms with Crippen LogP contribution in [0.3, 0.4) is 0 Å². The molecule has 1 aromatic carbocycles. The van der Waals surface area contributed by atoms with Crippen LogP contribution in [-0.4, -0.2) is 34.9 Å². The van der Waals surface area contributed by atoms with Crippen LogP contribution in [-0.2, 0) is 0 Å². The molecule has 0 bridgehead atoms. The SMILES string of the molecule is O=C(O)c1cccc(N2CCC(CSc3ccccc3)C2)n1. The van der Waals surface area contributed by atoms with E-state index in [0.717, 1.165) is 31.1 Å². The van der Waals surface area contributed by atoms with Crippen molar-refractivity contribution >= 4 is 23.5 Å². The van der Waals surface area contributed by atoms with E-state index in [1.54, 1.807) is 6.07 Å². The number of anilines is 1. The van der Waals surface area contributed by atoms with Crippen LogP contribution in [0.15, 0.2) is 53.4 Å². The molecule has 1 unspecified atom stereocenters. The summed E-state index contributed by atoms with van der Waals surface area (Å²) in [6.45, 7) is 1.88. The van der Waals surface area contributed by atoms with Crippen LogP contribution in [0.4, 0.5) is 5.82 Å². The second-order valence-corrected chi connectivity index (χ2v) is 6.50. The maximum absolute atomic E-state index is 11.0. The topological polar surface area (TPSA) is 53.4 Å². The fourth-order valence-corrected chi connectivity index (χ4v) is 3.68. The largest absolute Gasteiger partial charge is 0.477 e. The number of benzene rings is 1. The van der Waals surface area contributed by atoms with E-state index in [1.165, 1.54) is 11.0 Å². The summed E-state index contributed by atoms with van der Waals surface area (Å²) < 4.78 is 0. The number of aromatic nitrogens is 1. The molecule has 3 rings (SSSR count). The van der Waals surface area contributed by atoms with Crippen LogP contribution in [0.5, 0.6) is 0 Å². The highest BCUT2D eigenvalue weighted by Gasteiger charge is 2.24. The quantitative estimate of drug-likeness (QED) is 0.857. The first-order chi connectivity index (χ1) is 10.7. The minimum absolute atomic E-state index is 0.111. The maximum atomic E-state index is 11.0. The maximum Gasteiger partial charge on any atom is 0.354 e. The van der Waals surface area contributed by atoms with Crippen LogP contribution in [0.1, 0.15) is 16.9 Å². The Morgan fingerprint density at radius 1 is 1.23 bits per heavy atom. The zero-order valence-corrected chi connectivity index (χ0v) is 13.0. The van der Waals surface area contributed by atoms with Gasteiger partial charge in [-0.05, 0) is 36.6 Å². The summed E-state index contributed by atoms with van der Waals surface area (Å²) >= 11 is 1.88. The van der Waals surface area contributed by atoms with Crippen LogP contribution in [0.25, 0.3) is 0 Å². The number of carboxylic acids is 1. The van der Waals surface area contributed by atoms with Gasteiger partial charge in [0.05, 0.1) is 0 Å². The first-order valence-electron chi connectivity index (χ1n) is 7.35. The van der Waals surface area contributed by atoms with Gasteiger partial charge >= 0.3 is 5.97 Å². The van der Waals surface area contributed by atoms with E-state index in [-0.39, 0.29) is 5.69 Å². The molecule has 1 atom stereocenters. The third-order valence-corrected chi connectivity index (χ3v) is 5.04. The highest BCUT2D eigenvalue weighted by molar-refractivity contribution is 7.99. The first-order valence-corrected chi connectivity index (χ1v) is 8.34. The van der Waals surface area contributed by atoms with Crippen molar-refractivity contribution in [2.24, 2.45) is 5.92 Å². The van der Waals surface area contributed by atoms with Crippen molar-refractivity contribution < 1.29 is 9.90 Å². The van der Waals surface area contributed by atoms with Gasteiger partial charge in [-0.1, -0.05) is 24.3 Å². The highest BCUT2D eigenvalue weighted by Crippen LogP contribution is 2.28. The molecule has 2 aromatic rings. The van der Waals surface area contributed by atoms with E-state index < -0.39 is 5.97 Å². The Hall–Kier alpha value is -2.01. The standard InChI is InChI=1S/C17H18N2O2S/c20-17(21)15-7-4-8-16(18-15)19-10-9-13(11-19)12-22-14-5-2-1-3-6-14/h1-8,13H,9-12H2,(H,20,21). The van der Waals surface area contributed by atoms with Gasteiger partial charge in [0.15, 0.2) is 5.69 Å². The third kappa shape index (κ3) is 3.60. The zero-order valence-electron chi connectivity index (χ0n) is 12.2. The molecule has 22 heavy (non-hydrogen) atoms. The number of carboxylic acid groups (broad SMARTS) is 1. The predicted molar refractivity (Wildman–Crippen MR) is 88.7 cm³/mol. The van der Waals surface area contributed by atoms with Crippen molar-refractivity contribution in [3.05, 3.63) is 54.2 Å². The summed E-state index contributed by atoms with van der Waals surface area (Å²) in [7, 11) is 0. The lowest BCUT2D eigenvalue weighted by molar-refractivity contribution is 0.0690. The van der Waals surface area contributed by atoms with Crippen molar-refractivity contribution in [3.8, 4) is 0 Å². The molecule has 1 aliphatic heterocycles. The van der Waals surface area contributed by atoms with Gasteiger partial charge in [-0.2, -0.15) is 0 Å². The Bertz CT molecular complexity index is 648.